The smallest absolute Gasteiger partial charge is 0.260 e. The summed E-state index contributed by atoms with van der Waals surface area (Å²) in [6.07, 6.45) is 4.79. The van der Waals surface area contributed by atoms with Crippen LogP contribution in [0.3, 0.4) is 0 Å². The van der Waals surface area contributed by atoms with E-state index < -0.39 is 11.5 Å². The molecule has 0 saturated carbocycles. The van der Waals surface area contributed by atoms with E-state index in [0.717, 1.165) is 11.1 Å². The van der Waals surface area contributed by atoms with E-state index in [1.54, 1.807) is 24.5 Å². The summed E-state index contributed by atoms with van der Waals surface area (Å²) in [7, 11) is 0. The molecule has 80 valence electrons. The van der Waals surface area contributed by atoms with Crippen molar-refractivity contribution in [2.45, 2.75) is 0 Å². The van der Waals surface area contributed by atoms with Crippen molar-refractivity contribution in [2.24, 2.45) is 5.73 Å². The van der Waals surface area contributed by atoms with Crippen LogP contribution in [0.25, 0.3) is 11.1 Å². The molecule has 2 rings (SSSR count). The van der Waals surface area contributed by atoms with Crippen molar-refractivity contribution in [3.05, 3.63) is 52.7 Å². The minimum Gasteiger partial charge on any atom is -0.365 e. The van der Waals surface area contributed by atoms with E-state index in [2.05, 4.69) is 9.97 Å². The quantitative estimate of drug-likeness (QED) is 0.766. The van der Waals surface area contributed by atoms with Crippen LogP contribution in [0.1, 0.15) is 10.4 Å². The SMILES string of the molecule is NC(=O)c1cc(-c2ccncc2)c[nH]c1=O. The molecule has 0 bridgehead atoms. The predicted octanol–water partition coefficient (Wildman–Crippen LogP) is 0.536. The number of nitrogens with two attached hydrogens (primary N) is 1. The number of carbonyl (C=O) groups excluding carboxylic acids is 1. The maximum atomic E-state index is 11.3. The standard InChI is InChI=1S/C11H9N3O2/c12-10(15)9-5-8(6-14-11(9)16)7-1-3-13-4-2-7/h1-6H,(H2,12,15)(H,14,16). The topological polar surface area (TPSA) is 88.8 Å². The molecule has 3 N–H and O–H groups in total. The minimum atomic E-state index is -0.739. The summed E-state index contributed by atoms with van der Waals surface area (Å²) in [5.41, 5.74) is 6.14. The number of pyridine rings is 2. The van der Waals surface area contributed by atoms with Crippen molar-refractivity contribution in [2.75, 3.05) is 0 Å². The summed E-state index contributed by atoms with van der Waals surface area (Å²) in [5, 5.41) is 0. The van der Waals surface area contributed by atoms with E-state index >= 15 is 0 Å². The highest BCUT2D eigenvalue weighted by molar-refractivity contribution is 5.93. The van der Waals surface area contributed by atoms with Crippen molar-refractivity contribution in [3.8, 4) is 11.1 Å². The van der Waals surface area contributed by atoms with Gasteiger partial charge in [0.05, 0.1) is 0 Å². The van der Waals surface area contributed by atoms with Crippen LogP contribution in [0, 0.1) is 0 Å². The van der Waals surface area contributed by atoms with Gasteiger partial charge in [-0.15, -0.1) is 0 Å². The molecule has 0 aromatic carbocycles. The monoisotopic (exact) mass is 215 g/mol. The molecule has 0 spiro atoms. The highest BCUT2D eigenvalue weighted by Gasteiger charge is 2.08. The lowest BCUT2D eigenvalue weighted by Crippen LogP contribution is -2.23. The fourth-order valence-electron chi connectivity index (χ4n) is 1.38. The highest BCUT2D eigenvalue weighted by atomic mass is 16.2. The average Bonchev–Trinajstić information content (AvgIpc) is 2.30. The summed E-state index contributed by atoms with van der Waals surface area (Å²) < 4.78 is 0. The molecule has 16 heavy (non-hydrogen) atoms. The molecule has 2 aromatic heterocycles. The van der Waals surface area contributed by atoms with Gasteiger partial charge in [0.2, 0.25) is 0 Å². The van der Waals surface area contributed by atoms with Gasteiger partial charge in [-0.05, 0) is 29.3 Å². The maximum Gasteiger partial charge on any atom is 0.260 e. The Balaban J connectivity index is 2.57. The first-order valence-corrected chi connectivity index (χ1v) is 4.61. The number of rotatable bonds is 2. The molecule has 2 heterocycles. The lowest BCUT2D eigenvalue weighted by atomic mass is 10.1. The van der Waals surface area contributed by atoms with E-state index in [0.29, 0.717) is 0 Å². The molecule has 5 nitrogen and oxygen atoms in total. The van der Waals surface area contributed by atoms with Crippen LogP contribution >= 0.6 is 0 Å². The molecule has 0 aliphatic carbocycles. The largest absolute Gasteiger partial charge is 0.365 e. The molecule has 0 saturated heterocycles. The van der Waals surface area contributed by atoms with Crippen molar-refractivity contribution in [3.63, 3.8) is 0 Å². The Labute approximate surface area is 91.0 Å². The molecule has 1 amide bonds. The number of amides is 1. The summed E-state index contributed by atoms with van der Waals surface area (Å²) in [6, 6.07) is 5.02. The first kappa shape index (κ1) is 10.1. The van der Waals surface area contributed by atoms with Crippen molar-refractivity contribution in [1.29, 1.82) is 0 Å². The maximum absolute atomic E-state index is 11.3. The number of carbonyl (C=O) groups is 1. The zero-order valence-corrected chi connectivity index (χ0v) is 8.31. The van der Waals surface area contributed by atoms with E-state index in [1.165, 1.54) is 12.3 Å². The number of nitrogens with one attached hydrogen (secondary N) is 1. The second-order valence-corrected chi connectivity index (χ2v) is 3.23. The second-order valence-electron chi connectivity index (χ2n) is 3.23. The van der Waals surface area contributed by atoms with Crippen LogP contribution in [0.5, 0.6) is 0 Å². The third kappa shape index (κ3) is 1.83. The summed E-state index contributed by atoms with van der Waals surface area (Å²) >= 11 is 0. The van der Waals surface area contributed by atoms with Gasteiger partial charge < -0.3 is 10.7 Å². The van der Waals surface area contributed by atoms with Crippen LogP contribution in [-0.2, 0) is 0 Å². The van der Waals surface area contributed by atoms with E-state index in [-0.39, 0.29) is 5.56 Å². The Morgan fingerprint density at radius 1 is 1.25 bits per heavy atom. The molecule has 0 radical (unpaired) electrons. The van der Waals surface area contributed by atoms with Crippen LogP contribution in [0.15, 0.2) is 41.6 Å². The molecule has 0 fully saturated rings. The molecule has 0 aliphatic heterocycles. The van der Waals surface area contributed by atoms with E-state index in [4.69, 9.17) is 5.73 Å². The van der Waals surface area contributed by atoms with Gasteiger partial charge in [-0.2, -0.15) is 0 Å². The Morgan fingerprint density at radius 2 is 1.94 bits per heavy atom. The van der Waals surface area contributed by atoms with Gasteiger partial charge in [0.1, 0.15) is 5.56 Å². The second kappa shape index (κ2) is 3.98. The fourth-order valence-corrected chi connectivity index (χ4v) is 1.38. The van der Waals surface area contributed by atoms with Gasteiger partial charge in [0, 0.05) is 18.6 Å². The number of primary amides is 1. The van der Waals surface area contributed by atoms with Gasteiger partial charge in [-0.25, -0.2) is 0 Å². The number of H-pyrrole nitrogens is 1. The van der Waals surface area contributed by atoms with Crippen molar-refractivity contribution >= 4 is 5.91 Å². The van der Waals surface area contributed by atoms with Gasteiger partial charge >= 0.3 is 0 Å². The Morgan fingerprint density at radius 3 is 2.56 bits per heavy atom. The van der Waals surface area contributed by atoms with Crippen LogP contribution in [-0.4, -0.2) is 15.9 Å². The van der Waals surface area contributed by atoms with Gasteiger partial charge in [0.25, 0.3) is 11.5 Å². The normalized spacial score (nSPS) is 10.0. The zero-order chi connectivity index (χ0) is 11.5. The van der Waals surface area contributed by atoms with E-state index in [9.17, 15) is 9.59 Å². The van der Waals surface area contributed by atoms with Crippen LogP contribution in [0.4, 0.5) is 0 Å². The zero-order valence-electron chi connectivity index (χ0n) is 8.31. The summed E-state index contributed by atoms with van der Waals surface area (Å²) in [6.45, 7) is 0. The van der Waals surface area contributed by atoms with E-state index in [1.807, 2.05) is 0 Å². The third-order valence-electron chi connectivity index (χ3n) is 2.18. The Hall–Kier alpha value is -2.43. The first-order chi connectivity index (χ1) is 7.68. The van der Waals surface area contributed by atoms with Gasteiger partial charge in [0.15, 0.2) is 0 Å². The minimum absolute atomic E-state index is 0.0469. The Bertz CT molecular complexity index is 575. The third-order valence-corrected chi connectivity index (χ3v) is 2.18. The fraction of sp³-hybridized carbons (Fsp3) is 0. The molecule has 5 heteroatoms. The number of hydrogen-bond acceptors (Lipinski definition) is 3. The summed E-state index contributed by atoms with van der Waals surface area (Å²) in [5.74, 6) is -0.739. The van der Waals surface area contributed by atoms with Crippen LogP contribution in [0.2, 0.25) is 0 Å². The summed E-state index contributed by atoms with van der Waals surface area (Å²) in [4.78, 5) is 28.6. The lowest BCUT2D eigenvalue weighted by Gasteiger charge is -2.01. The predicted molar refractivity (Wildman–Crippen MR) is 58.8 cm³/mol. The highest BCUT2D eigenvalue weighted by Crippen LogP contribution is 2.16. The molecule has 0 aliphatic rings. The molecule has 2 aromatic rings. The van der Waals surface area contributed by atoms with Gasteiger partial charge in [-0.1, -0.05) is 0 Å². The first-order valence-electron chi connectivity index (χ1n) is 4.61. The molecular weight excluding hydrogens is 206 g/mol. The average molecular weight is 215 g/mol. The number of nitrogens with zero attached hydrogens (tertiary/aromatic N) is 1. The molecule has 0 atom stereocenters. The lowest BCUT2D eigenvalue weighted by molar-refractivity contribution is 0.0999. The van der Waals surface area contributed by atoms with Crippen molar-refractivity contribution < 1.29 is 4.79 Å². The van der Waals surface area contributed by atoms with Gasteiger partial charge in [-0.3, -0.25) is 14.6 Å². The number of aromatic amines is 1. The number of aromatic nitrogens is 2. The molecular formula is C11H9N3O2. The Kier molecular flexibility index (Phi) is 2.51. The number of hydrogen-bond donors (Lipinski definition) is 2. The molecule has 0 unspecified atom stereocenters. The van der Waals surface area contributed by atoms with Crippen molar-refractivity contribution in [1.82, 2.24) is 9.97 Å². The van der Waals surface area contributed by atoms with Crippen LogP contribution < -0.4 is 11.3 Å².